The van der Waals surface area contributed by atoms with Crippen molar-refractivity contribution in [1.29, 1.82) is 0 Å². The lowest BCUT2D eigenvalue weighted by molar-refractivity contribution is -0.150. The molecule has 86 valence electrons. The molecule has 0 aromatic rings. The molecular formula is C10H18N2O3. The molecule has 0 spiro atoms. The summed E-state index contributed by atoms with van der Waals surface area (Å²) in [5.74, 6) is -0.275. The quantitative estimate of drug-likeness (QED) is 0.656. The number of likely N-dealkylation sites (tertiary alicyclic amines) is 1. The first-order valence-electron chi connectivity index (χ1n) is 5.22. The molecule has 0 radical (unpaired) electrons. The molecule has 0 saturated carbocycles. The third-order valence-corrected chi connectivity index (χ3v) is 2.64. The summed E-state index contributed by atoms with van der Waals surface area (Å²) in [7, 11) is 3.16. The van der Waals surface area contributed by atoms with Crippen molar-refractivity contribution in [3.8, 4) is 0 Å². The van der Waals surface area contributed by atoms with Crippen LogP contribution in [0.15, 0.2) is 0 Å². The Morgan fingerprint density at radius 1 is 1.53 bits per heavy atom. The Kier molecular flexibility index (Phi) is 4.55. The summed E-state index contributed by atoms with van der Waals surface area (Å²) in [5.41, 5.74) is 0. The van der Waals surface area contributed by atoms with Crippen molar-refractivity contribution in [1.82, 2.24) is 10.2 Å². The highest BCUT2D eigenvalue weighted by molar-refractivity contribution is 5.85. The van der Waals surface area contributed by atoms with Crippen LogP contribution in [0.5, 0.6) is 0 Å². The van der Waals surface area contributed by atoms with Gasteiger partial charge in [-0.15, -0.1) is 0 Å². The van der Waals surface area contributed by atoms with E-state index < -0.39 is 0 Å². The molecule has 1 fully saturated rings. The molecule has 1 aliphatic heterocycles. The number of rotatable bonds is 4. The molecule has 1 amide bonds. The molecule has 1 rings (SSSR count). The van der Waals surface area contributed by atoms with Crippen molar-refractivity contribution in [3.63, 3.8) is 0 Å². The van der Waals surface area contributed by atoms with E-state index in [1.807, 2.05) is 0 Å². The summed E-state index contributed by atoms with van der Waals surface area (Å²) >= 11 is 0. The number of carbonyl (C=O) groups is 2. The van der Waals surface area contributed by atoms with Crippen LogP contribution in [-0.2, 0) is 14.3 Å². The van der Waals surface area contributed by atoms with Crippen molar-refractivity contribution >= 4 is 11.9 Å². The number of hydrogen-bond acceptors (Lipinski definition) is 4. The Bertz CT molecular complexity index is 243. The van der Waals surface area contributed by atoms with E-state index in [9.17, 15) is 9.59 Å². The second-order valence-corrected chi connectivity index (χ2v) is 3.62. The highest BCUT2D eigenvalue weighted by Crippen LogP contribution is 2.19. The minimum atomic E-state index is -0.362. The van der Waals surface area contributed by atoms with Gasteiger partial charge in [0.05, 0.1) is 7.11 Å². The largest absolute Gasteiger partial charge is 0.467 e. The van der Waals surface area contributed by atoms with E-state index in [0.29, 0.717) is 19.5 Å². The van der Waals surface area contributed by atoms with Crippen LogP contribution in [0.2, 0.25) is 0 Å². The minimum Gasteiger partial charge on any atom is -0.467 e. The number of nitrogens with one attached hydrogen (secondary N) is 1. The van der Waals surface area contributed by atoms with E-state index >= 15 is 0 Å². The van der Waals surface area contributed by atoms with Gasteiger partial charge in [0.15, 0.2) is 0 Å². The monoisotopic (exact) mass is 214 g/mol. The predicted octanol–water partition coefficient (Wildman–Crippen LogP) is -0.240. The smallest absolute Gasteiger partial charge is 0.328 e. The maximum absolute atomic E-state index is 11.7. The lowest BCUT2D eigenvalue weighted by Gasteiger charge is -2.22. The molecule has 0 aromatic heterocycles. The SMILES string of the molecule is CNCCC(=O)N1CCCC1C(=O)OC. The number of carbonyl (C=O) groups excluding carboxylic acids is 2. The summed E-state index contributed by atoms with van der Waals surface area (Å²) in [6.07, 6.45) is 2.03. The van der Waals surface area contributed by atoms with E-state index in [2.05, 4.69) is 10.1 Å². The van der Waals surface area contributed by atoms with Gasteiger partial charge < -0.3 is 15.0 Å². The van der Waals surface area contributed by atoms with Crippen molar-refractivity contribution in [2.24, 2.45) is 0 Å². The molecule has 1 atom stereocenters. The summed E-state index contributed by atoms with van der Waals surface area (Å²) in [4.78, 5) is 24.7. The summed E-state index contributed by atoms with van der Waals surface area (Å²) in [6, 6.07) is -0.362. The van der Waals surface area contributed by atoms with Crippen LogP contribution in [0, 0.1) is 0 Å². The van der Waals surface area contributed by atoms with Gasteiger partial charge in [-0.1, -0.05) is 0 Å². The molecule has 5 heteroatoms. The van der Waals surface area contributed by atoms with Crippen LogP contribution in [0.1, 0.15) is 19.3 Å². The predicted molar refractivity (Wildman–Crippen MR) is 55.3 cm³/mol. The van der Waals surface area contributed by atoms with Crippen LogP contribution in [0.4, 0.5) is 0 Å². The standard InChI is InChI=1S/C10H18N2O3/c1-11-6-5-9(13)12-7-3-4-8(12)10(14)15-2/h8,11H,3-7H2,1-2H3. The van der Waals surface area contributed by atoms with E-state index in [1.165, 1.54) is 7.11 Å². The third-order valence-electron chi connectivity index (χ3n) is 2.64. The summed E-state index contributed by atoms with van der Waals surface area (Å²) in [5, 5.41) is 2.92. The van der Waals surface area contributed by atoms with Crippen molar-refractivity contribution < 1.29 is 14.3 Å². The molecule has 0 aliphatic carbocycles. The zero-order valence-electron chi connectivity index (χ0n) is 9.28. The molecule has 5 nitrogen and oxygen atoms in total. The van der Waals surface area contributed by atoms with Gasteiger partial charge in [-0.05, 0) is 19.9 Å². The molecule has 1 heterocycles. The van der Waals surface area contributed by atoms with Crippen molar-refractivity contribution in [2.45, 2.75) is 25.3 Å². The molecule has 15 heavy (non-hydrogen) atoms. The average molecular weight is 214 g/mol. The van der Waals surface area contributed by atoms with Gasteiger partial charge in [-0.3, -0.25) is 4.79 Å². The highest BCUT2D eigenvalue weighted by Gasteiger charge is 2.34. The fourth-order valence-corrected chi connectivity index (χ4v) is 1.82. The fourth-order valence-electron chi connectivity index (χ4n) is 1.82. The molecule has 1 aliphatic rings. The molecule has 1 N–H and O–H groups in total. The first-order valence-corrected chi connectivity index (χ1v) is 5.22. The molecule has 1 unspecified atom stereocenters. The van der Waals surface area contributed by atoms with E-state index in [4.69, 9.17) is 0 Å². The van der Waals surface area contributed by atoms with Gasteiger partial charge in [0.25, 0.3) is 0 Å². The number of ether oxygens (including phenoxy) is 1. The van der Waals surface area contributed by atoms with Crippen LogP contribution in [0.25, 0.3) is 0 Å². The number of esters is 1. The fraction of sp³-hybridized carbons (Fsp3) is 0.800. The molecule has 1 saturated heterocycles. The van der Waals surface area contributed by atoms with E-state index in [-0.39, 0.29) is 17.9 Å². The Balaban J connectivity index is 2.52. The van der Waals surface area contributed by atoms with Gasteiger partial charge in [0.2, 0.25) is 5.91 Å². The number of methoxy groups -OCH3 is 1. The Hall–Kier alpha value is -1.10. The zero-order valence-corrected chi connectivity index (χ0v) is 9.28. The lowest BCUT2D eigenvalue weighted by Crippen LogP contribution is -2.41. The van der Waals surface area contributed by atoms with Crippen LogP contribution >= 0.6 is 0 Å². The average Bonchev–Trinajstić information content (AvgIpc) is 2.73. The van der Waals surface area contributed by atoms with Crippen LogP contribution in [0.3, 0.4) is 0 Å². The third kappa shape index (κ3) is 2.92. The van der Waals surface area contributed by atoms with Gasteiger partial charge in [-0.2, -0.15) is 0 Å². The van der Waals surface area contributed by atoms with Crippen LogP contribution < -0.4 is 5.32 Å². The van der Waals surface area contributed by atoms with Crippen LogP contribution in [-0.4, -0.2) is 50.1 Å². The molecule has 0 aromatic carbocycles. The second kappa shape index (κ2) is 5.70. The van der Waals surface area contributed by atoms with Crippen molar-refractivity contribution in [3.05, 3.63) is 0 Å². The van der Waals surface area contributed by atoms with E-state index in [0.717, 1.165) is 12.8 Å². The Morgan fingerprint density at radius 3 is 2.87 bits per heavy atom. The maximum atomic E-state index is 11.7. The molecular weight excluding hydrogens is 196 g/mol. The Labute approximate surface area is 89.8 Å². The minimum absolute atomic E-state index is 0.0252. The highest BCUT2D eigenvalue weighted by atomic mass is 16.5. The number of nitrogens with zero attached hydrogens (tertiary/aromatic N) is 1. The normalized spacial score (nSPS) is 20.4. The van der Waals surface area contributed by atoms with Gasteiger partial charge in [-0.25, -0.2) is 4.79 Å². The van der Waals surface area contributed by atoms with Gasteiger partial charge >= 0.3 is 5.97 Å². The Morgan fingerprint density at radius 2 is 2.27 bits per heavy atom. The lowest BCUT2D eigenvalue weighted by atomic mass is 10.2. The van der Waals surface area contributed by atoms with E-state index in [1.54, 1.807) is 11.9 Å². The summed E-state index contributed by atoms with van der Waals surface area (Å²) < 4.78 is 4.67. The second-order valence-electron chi connectivity index (χ2n) is 3.62. The van der Waals surface area contributed by atoms with Gasteiger partial charge in [0.1, 0.15) is 6.04 Å². The topological polar surface area (TPSA) is 58.6 Å². The summed E-state index contributed by atoms with van der Waals surface area (Å²) in [6.45, 7) is 1.31. The first-order chi connectivity index (χ1) is 7.20. The molecule has 0 bridgehead atoms. The van der Waals surface area contributed by atoms with Crippen molar-refractivity contribution in [2.75, 3.05) is 27.2 Å². The van der Waals surface area contributed by atoms with Gasteiger partial charge in [0, 0.05) is 19.5 Å². The first kappa shape index (κ1) is 12.0. The zero-order chi connectivity index (χ0) is 11.3. The number of amides is 1. The maximum Gasteiger partial charge on any atom is 0.328 e. The number of hydrogen-bond donors (Lipinski definition) is 1.